The smallest absolute Gasteiger partial charge is 0.253 e. The van der Waals surface area contributed by atoms with E-state index in [0.29, 0.717) is 36.1 Å². The van der Waals surface area contributed by atoms with Gasteiger partial charge in [-0.25, -0.2) is 0 Å². The maximum atomic E-state index is 13.5. The van der Waals surface area contributed by atoms with E-state index in [4.69, 9.17) is 4.74 Å². The first-order chi connectivity index (χ1) is 19.6. The zero-order valence-electron chi connectivity index (χ0n) is 23.9. The molecule has 216 valence electrons. The first-order valence-corrected chi connectivity index (χ1v) is 15.4. The molecule has 0 bridgehead atoms. The van der Waals surface area contributed by atoms with Gasteiger partial charge in [0, 0.05) is 57.1 Å². The molecule has 40 heavy (non-hydrogen) atoms. The SMILES string of the molecule is O=C(CCC1CCCC1)Nc1ccc(N2CCC(Cc3ccccc3)CC2)c(C(=O)NCCN2CCOCC2)c1. The molecule has 7 nitrogen and oxygen atoms in total. The van der Waals surface area contributed by atoms with Gasteiger partial charge < -0.3 is 20.3 Å². The van der Waals surface area contributed by atoms with Crippen molar-refractivity contribution in [3.05, 3.63) is 59.7 Å². The monoisotopic (exact) mass is 546 g/mol. The van der Waals surface area contributed by atoms with Crippen LogP contribution in [0.3, 0.4) is 0 Å². The van der Waals surface area contributed by atoms with Crippen LogP contribution in [0, 0.1) is 11.8 Å². The number of hydrogen-bond acceptors (Lipinski definition) is 5. The van der Waals surface area contributed by atoms with Crippen LogP contribution in [-0.4, -0.2) is 69.2 Å². The predicted octanol–water partition coefficient (Wildman–Crippen LogP) is 5.12. The molecule has 2 aliphatic heterocycles. The standard InChI is InChI=1S/C33H46N4O3/c38-32(13-10-26-6-4-5-7-26)35-29-11-12-31(30(25-29)33(39)34-16-19-36-20-22-40-23-21-36)37-17-14-28(15-18-37)24-27-8-2-1-3-9-27/h1-3,8-9,11-12,25-26,28H,4-7,10,13-24H2,(H,34,39)(H,35,38). The van der Waals surface area contributed by atoms with Gasteiger partial charge in [0.1, 0.15) is 0 Å². The Balaban J connectivity index is 1.22. The van der Waals surface area contributed by atoms with Crippen molar-refractivity contribution < 1.29 is 14.3 Å². The molecule has 0 unspecified atom stereocenters. The summed E-state index contributed by atoms with van der Waals surface area (Å²) in [5, 5.41) is 6.22. The second-order valence-corrected chi connectivity index (χ2v) is 11.8. The van der Waals surface area contributed by atoms with Gasteiger partial charge in [-0.05, 0) is 61.3 Å². The fourth-order valence-corrected chi connectivity index (χ4v) is 6.50. The Morgan fingerprint density at radius 2 is 1.62 bits per heavy atom. The minimum Gasteiger partial charge on any atom is -0.379 e. The molecule has 2 N–H and O–H groups in total. The van der Waals surface area contributed by atoms with Crippen molar-refractivity contribution in [2.45, 2.75) is 57.8 Å². The molecule has 3 aliphatic rings. The average molecular weight is 547 g/mol. The summed E-state index contributed by atoms with van der Waals surface area (Å²) >= 11 is 0. The van der Waals surface area contributed by atoms with E-state index in [1.807, 2.05) is 18.2 Å². The van der Waals surface area contributed by atoms with Gasteiger partial charge in [-0.2, -0.15) is 0 Å². The van der Waals surface area contributed by atoms with Gasteiger partial charge in [0.05, 0.1) is 18.8 Å². The van der Waals surface area contributed by atoms with E-state index < -0.39 is 0 Å². The second kappa shape index (κ2) is 14.6. The largest absolute Gasteiger partial charge is 0.379 e. The summed E-state index contributed by atoms with van der Waals surface area (Å²) in [7, 11) is 0. The van der Waals surface area contributed by atoms with Crippen molar-refractivity contribution in [2.75, 3.05) is 62.7 Å². The average Bonchev–Trinajstić information content (AvgIpc) is 3.52. The molecule has 0 spiro atoms. The molecule has 0 aromatic heterocycles. The number of benzene rings is 2. The number of piperidine rings is 1. The van der Waals surface area contributed by atoms with Crippen molar-refractivity contribution in [1.82, 2.24) is 10.2 Å². The van der Waals surface area contributed by atoms with Crippen LogP contribution in [0.4, 0.5) is 11.4 Å². The summed E-state index contributed by atoms with van der Waals surface area (Å²) in [5.74, 6) is 1.31. The molecule has 2 amide bonds. The molecule has 0 radical (unpaired) electrons. The number of hydrogen-bond donors (Lipinski definition) is 2. The lowest BCUT2D eigenvalue weighted by Gasteiger charge is -2.35. The molecule has 1 aliphatic carbocycles. The highest BCUT2D eigenvalue weighted by molar-refractivity contribution is 6.02. The van der Waals surface area contributed by atoms with Crippen LogP contribution in [0.15, 0.2) is 48.5 Å². The molecule has 2 aromatic carbocycles. The fraction of sp³-hybridized carbons (Fsp3) is 0.576. The third-order valence-corrected chi connectivity index (χ3v) is 8.92. The van der Waals surface area contributed by atoms with Crippen molar-refractivity contribution >= 4 is 23.2 Å². The lowest BCUT2D eigenvalue weighted by molar-refractivity contribution is -0.116. The Morgan fingerprint density at radius 3 is 2.38 bits per heavy atom. The summed E-state index contributed by atoms with van der Waals surface area (Å²) in [4.78, 5) is 30.9. The van der Waals surface area contributed by atoms with Crippen molar-refractivity contribution in [3.63, 3.8) is 0 Å². The van der Waals surface area contributed by atoms with Gasteiger partial charge in [0.15, 0.2) is 0 Å². The van der Waals surface area contributed by atoms with E-state index in [9.17, 15) is 9.59 Å². The van der Waals surface area contributed by atoms with Crippen molar-refractivity contribution in [1.29, 1.82) is 0 Å². The second-order valence-electron chi connectivity index (χ2n) is 11.8. The third-order valence-electron chi connectivity index (χ3n) is 8.92. The molecule has 5 rings (SSSR count). The summed E-state index contributed by atoms with van der Waals surface area (Å²) in [5.41, 5.74) is 3.72. The molecular weight excluding hydrogens is 500 g/mol. The van der Waals surface area contributed by atoms with E-state index in [1.54, 1.807) is 0 Å². The molecular formula is C33H46N4O3. The Bertz CT molecular complexity index is 1090. The Kier molecular flexibility index (Phi) is 10.5. The quantitative estimate of drug-likeness (QED) is 0.410. The van der Waals surface area contributed by atoms with Crippen LogP contribution in [0.5, 0.6) is 0 Å². The number of nitrogens with zero attached hydrogens (tertiary/aromatic N) is 2. The normalized spacial score (nSPS) is 19.1. The lowest BCUT2D eigenvalue weighted by Crippen LogP contribution is -2.41. The summed E-state index contributed by atoms with van der Waals surface area (Å²) < 4.78 is 5.44. The number of anilines is 2. The highest BCUT2D eigenvalue weighted by Crippen LogP contribution is 2.31. The van der Waals surface area contributed by atoms with Gasteiger partial charge in [-0.1, -0.05) is 56.0 Å². The fourth-order valence-electron chi connectivity index (χ4n) is 6.50. The predicted molar refractivity (Wildman–Crippen MR) is 161 cm³/mol. The molecule has 2 aromatic rings. The maximum Gasteiger partial charge on any atom is 0.253 e. The third kappa shape index (κ3) is 8.31. The van der Waals surface area contributed by atoms with Crippen molar-refractivity contribution in [3.8, 4) is 0 Å². The molecule has 0 atom stereocenters. The number of carbonyl (C=O) groups is 2. The molecule has 2 heterocycles. The number of rotatable bonds is 11. The summed E-state index contributed by atoms with van der Waals surface area (Å²) in [6, 6.07) is 16.6. The van der Waals surface area contributed by atoms with Crippen LogP contribution in [0.1, 0.15) is 67.3 Å². The lowest BCUT2D eigenvalue weighted by atomic mass is 9.89. The number of morpholine rings is 1. The van der Waals surface area contributed by atoms with Crippen LogP contribution in [-0.2, 0) is 16.0 Å². The number of amides is 2. The Labute approximate surface area is 239 Å². The molecule has 2 saturated heterocycles. The van der Waals surface area contributed by atoms with Crippen molar-refractivity contribution in [2.24, 2.45) is 11.8 Å². The zero-order chi connectivity index (χ0) is 27.6. The molecule has 7 heteroatoms. The van der Waals surface area contributed by atoms with Gasteiger partial charge >= 0.3 is 0 Å². The molecule has 1 saturated carbocycles. The topological polar surface area (TPSA) is 73.9 Å². The highest BCUT2D eigenvalue weighted by Gasteiger charge is 2.24. The van der Waals surface area contributed by atoms with Crippen LogP contribution >= 0.6 is 0 Å². The van der Waals surface area contributed by atoms with Crippen LogP contribution < -0.4 is 15.5 Å². The van der Waals surface area contributed by atoms with Crippen LogP contribution in [0.25, 0.3) is 0 Å². The minimum atomic E-state index is -0.0725. The van der Waals surface area contributed by atoms with Gasteiger partial charge in [0.25, 0.3) is 5.91 Å². The summed E-state index contributed by atoms with van der Waals surface area (Å²) in [6.45, 7) is 6.57. The molecule has 3 fully saturated rings. The Morgan fingerprint density at radius 1 is 0.875 bits per heavy atom. The van der Waals surface area contributed by atoms with E-state index in [2.05, 4.69) is 50.8 Å². The first kappa shape index (κ1) is 28.6. The minimum absolute atomic E-state index is 0.0417. The zero-order valence-corrected chi connectivity index (χ0v) is 23.9. The maximum absolute atomic E-state index is 13.5. The van der Waals surface area contributed by atoms with E-state index in [-0.39, 0.29) is 11.8 Å². The number of carbonyl (C=O) groups excluding carboxylic acids is 2. The highest BCUT2D eigenvalue weighted by atomic mass is 16.5. The van der Waals surface area contributed by atoms with Gasteiger partial charge in [-0.15, -0.1) is 0 Å². The number of nitrogens with one attached hydrogen (secondary N) is 2. The summed E-state index contributed by atoms with van der Waals surface area (Å²) in [6.07, 6.45) is 9.90. The Hall–Kier alpha value is -2.90. The van der Waals surface area contributed by atoms with E-state index in [1.165, 1.54) is 31.2 Å². The number of ether oxygens (including phenoxy) is 1. The van der Waals surface area contributed by atoms with E-state index >= 15 is 0 Å². The van der Waals surface area contributed by atoms with E-state index in [0.717, 1.165) is 77.3 Å². The van der Waals surface area contributed by atoms with Crippen LogP contribution in [0.2, 0.25) is 0 Å². The first-order valence-electron chi connectivity index (χ1n) is 15.4. The van der Waals surface area contributed by atoms with Gasteiger partial charge in [0.2, 0.25) is 5.91 Å². The van der Waals surface area contributed by atoms with Gasteiger partial charge in [-0.3, -0.25) is 14.5 Å².